The summed E-state index contributed by atoms with van der Waals surface area (Å²) >= 11 is 0. The van der Waals surface area contributed by atoms with Crippen molar-refractivity contribution in [1.82, 2.24) is 4.90 Å². The number of nitrogens with zero attached hydrogens (tertiary/aromatic N) is 1. The zero-order chi connectivity index (χ0) is 11.7. The molecule has 3 heteroatoms. The molecule has 1 saturated heterocycles. The molecule has 0 bridgehead atoms. The molecular weight excluding hydrogens is 202 g/mol. The van der Waals surface area contributed by atoms with Gasteiger partial charge >= 0.3 is 5.97 Å². The number of carboxylic acids is 1. The Morgan fingerprint density at radius 1 is 1.25 bits per heavy atom. The van der Waals surface area contributed by atoms with Crippen LogP contribution in [0, 0.1) is 17.8 Å². The highest BCUT2D eigenvalue weighted by atomic mass is 16.4. The van der Waals surface area contributed by atoms with Crippen molar-refractivity contribution in [3.63, 3.8) is 0 Å². The van der Waals surface area contributed by atoms with Crippen molar-refractivity contribution in [2.75, 3.05) is 13.1 Å². The first-order chi connectivity index (χ1) is 7.58. The first-order valence-corrected chi connectivity index (χ1v) is 6.54. The van der Waals surface area contributed by atoms with Crippen LogP contribution in [0.5, 0.6) is 0 Å². The molecule has 16 heavy (non-hydrogen) atoms. The molecule has 0 aromatic heterocycles. The maximum absolute atomic E-state index is 10.8. The number of piperidine rings is 1. The van der Waals surface area contributed by atoms with Gasteiger partial charge in [-0.05, 0) is 50.6 Å². The Kier molecular flexibility index (Phi) is 3.53. The summed E-state index contributed by atoms with van der Waals surface area (Å²) in [5.41, 5.74) is 0. The predicted octanol–water partition coefficient (Wildman–Crippen LogP) is 2.22. The van der Waals surface area contributed by atoms with Crippen molar-refractivity contribution in [2.45, 2.75) is 45.6 Å². The molecule has 1 saturated carbocycles. The number of likely N-dealkylation sites (tertiary alicyclic amines) is 1. The SMILES string of the molecule is CC(C)C1CC(N2CCC(C(=O)O)CC2)C1. The minimum absolute atomic E-state index is 0.0859. The van der Waals surface area contributed by atoms with E-state index in [1.165, 1.54) is 12.8 Å². The van der Waals surface area contributed by atoms with Gasteiger partial charge in [-0.3, -0.25) is 4.79 Å². The molecule has 1 aliphatic carbocycles. The Balaban J connectivity index is 1.73. The maximum atomic E-state index is 10.8. The second-order valence-corrected chi connectivity index (χ2v) is 5.78. The average Bonchev–Trinajstić information content (AvgIpc) is 2.15. The Labute approximate surface area is 97.8 Å². The third-order valence-corrected chi connectivity index (χ3v) is 4.49. The second-order valence-electron chi connectivity index (χ2n) is 5.78. The Hall–Kier alpha value is -0.570. The number of hydrogen-bond acceptors (Lipinski definition) is 2. The highest BCUT2D eigenvalue weighted by Crippen LogP contribution is 2.38. The van der Waals surface area contributed by atoms with Crippen molar-refractivity contribution < 1.29 is 9.90 Å². The lowest BCUT2D eigenvalue weighted by atomic mass is 9.72. The fourth-order valence-corrected chi connectivity index (χ4v) is 2.98. The van der Waals surface area contributed by atoms with Crippen molar-refractivity contribution >= 4 is 5.97 Å². The quantitative estimate of drug-likeness (QED) is 0.800. The second kappa shape index (κ2) is 4.74. The molecular formula is C13H23NO2. The highest BCUT2D eigenvalue weighted by molar-refractivity contribution is 5.70. The molecule has 3 nitrogen and oxygen atoms in total. The van der Waals surface area contributed by atoms with Crippen molar-refractivity contribution in [2.24, 2.45) is 17.8 Å². The monoisotopic (exact) mass is 225 g/mol. The highest BCUT2D eigenvalue weighted by Gasteiger charge is 2.37. The van der Waals surface area contributed by atoms with Gasteiger partial charge in [-0.15, -0.1) is 0 Å². The van der Waals surface area contributed by atoms with E-state index in [0.717, 1.165) is 43.8 Å². The molecule has 0 spiro atoms. The fraction of sp³-hybridized carbons (Fsp3) is 0.923. The fourth-order valence-electron chi connectivity index (χ4n) is 2.98. The molecule has 2 fully saturated rings. The number of carboxylic acid groups (broad SMARTS) is 1. The van der Waals surface area contributed by atoms with Crippen LogP contribution in [0.15, 0.2) is 0 Å². The molecule has 0 amide bonds. The molecule has 92 valence electrons. The van der Waals surface area contributed by atoms with E-state index in [2.05, 4.69) is 18.7 Å². The van der Waals surface area contributed by atoms with Gasteiger partial charge in [-0.1, -0.05) is 13.8 Å². The smallest absolute Gasteiger partial charge is 0.306 e. The van der Waals surface area contributed by atoms with Crippen LogP contribution in [0.1, 0.15) is 39.5 Å². The third-order valence-electron chi connectivity index (χ3n) is 4.49. The van der Waals surface area contributed by atoms with E-state index in [0.29, 0.717) is 0 Å². The largest absolute Gasteiger partial charge is 0.481 e. The Bertz CT molecular complexity index is 251. The number of rotatable bonds is 3. The summed E-state index contributed by atoms with van der Waals surface area (Å²) in [6, 6.07) is 0.752. The zero-order valence-corrected chi connectivity index (χ0v) is 10.4. The van der Waals surface area contributed by atoms with Gasteiger partial charge in [-0.25, -0.2) is 0 Å². The van der Waals surface area contributed by atoms with Gasteiger partial charge in [-0.2, -0.15) is 0 Å². The van der Waals surface area contributed by atoms with Gasteiger partial charge in [0.05, 0.1) is 5.92 Å². The molecule has 1 heterocycles. The molecule has 1 N–H and O–H groups in total. The molecule has 0 radical (unpaired) electrons. The molecule has 0 aromatic carbocycles. The molecule has 0 aromatic rings. The van der Waals surface area contributed by atoms with Gasteiger partial charge in [0.1, 0.15) is 0 Å². The van der Waals surface area contributed by atoms with Crippen LogP contribution in [0.25, 0.3) is 0 Å². The van der Waals surface area contributed by atoms with Crippen LogP contribution >= 0.6 is 0 Å². The lowest BCUT2D eigenvalue weighted by molar-refractivity contribution is -0.143. The first kappa shape index (κ1) is 11.9. The number of carbonyl (C=O) groups is 1. The van der Waals surface area contributed by atoms with Crippen LogP contribution in [0.3, 0.4) is 0 Å². The van der Waals surface area contributed by atoms with Crippen LogP contribution in [-0.4, -0.2) is 35.1 Å². The number of hydrogen-bond donors (Lipinski definition) is 1. The van der Waals surface area contributed by atoms with E-state index in [9.17, 15) is 4.79 Å². The minimum atomic E-state index is -0.603. The summed E-state index contributed by atoms with van der Waals surface area (Å²) in [7, 11) is 0. The van der Waals surface area contributed by atoms with Gasteiger partial charge in [0, 0.05) is 6.04 Å². The summed E-state index contributed by atoms with van der Waals surface area (Å²) in [5, 5.41) is 8.93. The van der Waals surface area contributed by atoms with E-state index in [1.54, 1.807) is 0 Å². The lowest BCUT2D eigenvalue weighted by Gasteiger charge is -2.46. The van der Waals surface area contributed by atoms with Gasteiger partial charge < -0.3 is 10.0 Å². The summed E-state index contributed by atoms with van der Waals surface area (Å²) in [4.78, 5) is 13.3. The molecule has 2 rings (SSSR count). The van der Waals surface area contributed by atoms with E-state index < -0.39 is 5.97 Å². The molecule has 0 atom stereocenters. The normalized spacial score (nSPS) is 32.7. The summed E-state index contributed by atoms with van der Waals surface area (Å²) in [6.07, 6.45) is 4.35. The van der Waals surface area contributed by atoms with Crippen molar-refractivity contribution in [3.05, 3.63) is 0 Å². The standard InChI is InChI=1S/C13H23NO2/c1-9(2)11-7-12(8-11)14-5-3-10(4-6-14)13(15)16/h9-12H,3-8H2,1-2H3,(H,15,16). The Morgan fingerprint density at radius 2 is 1.81 bits per heavy atom. The van der Waals surface area contributed by atoms with E-state index in [1.807, 2.05) is 0 Å². The molecule has 1 aliphatic heterocycles. The first-order valence-electron chi connectivity index (χ1n) is 6.54. The van der Waals surface area contributed by atoms with Crippen molar-refractivity contribution in [1.29, 1.82) is 0 Å². The van der Waals surface area contributed by atoms with Crippen LogP contribution < -0.4 is 0 Å². The average molecular weight is 225 g/mol. The van der Waals surface area contributed by atoms with E-state index in [-0.39, 0.29) is 5.92 Å². The topological polar surface area (TPSA) is 40.5 Å². The van der Waals surface area contributed by atoms with Crippen LogP contribution in [0.2, 0.25) is 0 Å². The van der Waals surface area contributed by atoms with Crippen LogP contribution in [-0.2, 0) is 4.79 Å². The van der Waals surface area contributed by atoms with E-state index in [4.69, 9.17) is 5.11 Å². The minimum Gasteiger partial charge on any atom is -0.481 e. The van der Waals surface area contributed by atoms with Gasteiger partial charge in [0.2, 0.25) is 0 Å². The summed E-state index contributed by atoms with van der Waals surface area (Å²) in [5.74, 6) is 1.03. The number of aliphatic carboxylic acids is 1. The third kappa shape index (κ3) is 2.40. The lowest BCUT2D eigenvalue weighted by Crippen LogP contribution is -2.49. The summed E-state index contributed by atoms with van der Waals surface area (Å²) in [6.45, 7) is 6.59. The van der Waals surface area contributed by atoms with Gasteiger partial charge in [0.25, 0.3) is 0 Å². The predicted molar refractivity (Wildman–Crippen MR) is 63.3 cm³/mol. The van der Waals surface area contributed by atoms with Crippen LogP contribution in [0.4, 0.5) is 0 Å². The Morgan fingerprint density at radius 3 is 2.25 bits per heavy atom. The van der Waals surface area contributed by atoms with Gasteiger partial charge in [0.15, 0.2) is 0 Å². The zero-order valence-electron chi connectivity index (χ0n) is 10.4. The molecule has 2 aliphatic rings. The van der Waals surface area contributed by atoms with E-state index >= 15 is 0 Å². The maximum Gasteiger partial charge on any atom is 0.306 e. The summed E-state index contributed by atoms with van der Waals surface area (Å²) < 4.78 is 0. The molecule has 0 unspecified atom stereocenters. The van der Waals surface area contributed by atoms with Crippen molar-refractivity contribution in [3.8, 4) is 0 Å².